The molecule has 7 heteroatoms. The molecule has 0 saturated carbocycles. The van der Waals surface area contributed by atoms with Crippen LogP contribution in [0.15, 0.2) is 52.3 Å². The van der Waals surface area contributed by atoms with Crippen LogP contribution in [0.5, 0.6) is 0 Å². The smallest absolute Gasteiger partial charge is 0.264 e. The summed E-state index contributed by atoms with van der Waals surface area (Å²) in [6.45, 7) is 2.02. The molecule has 0 bridgehead atoms. The number of para-hydroxylation sites is 1. The summed E-state index contributed by atoms with van der Waals surface area (Å²) in [6, 6.07) is 11.4. The van der Waals surface area contributed by atoms with E-state index in [2.05, 4.69) is 0 Å². The van der Waals surface area contributed by atoms with Crippen molar-refractivity contribution < 1.29 is 18.3 Å². The zero-order valence-corrected chi connectivity index (χ0v) is 14.7. The number of aryl methyl sites for hydroxylation is 1. The number of nitrogens with zero attached hydrogens (tertiary/aromatic N) is 1. The topological polar surface area (TPSA) is 77.5 Å². The summed E-state index contributed by atoms with van der Waals surface area (Å²) in [5.41, 5.74) is 1.00. The van der Waals surface area contributed by atoms with E-state index in [0.717, 1.165) is 17.1 Å². The molecule has 5 nitrogen and oxygen atoms in total. The molecule has 0 aromatic heterocycles. The first kappa shape index (κ1) is 16.9. The molecule has 0 saturated heterocycles. The lowest BCUT2D eigenvalue weighted by atomic mass is 10.1. The maximum atomic E-state index is 13.2. The molecule has 0 unspecified atom stereocenters. The number of carboxylic acids is 1. The summed E-state index contributed by atoms with van der Waals surface area (Å²) < 4.78 is 27.8. The van der Waals surface area contributed by atoms with Crippen molar-refractivity contribution >= 4 is 33.4 Å². The SMILES string of the molecule is Cc1ccc(C(=O)[O-])cc1S(=O)(=O)N1CCCSc2ccccc21. The molecule has 126 valence electrons. The van der Waals surface area contributed by atoms with Gasteiger partial charge in [-0.1, -0.05) is 24.3 Å². The second kappa shape index (κ2) is 6.49. The highest BCUT2D eigenvalue weighted by Gasteiger charge is 2.29. The van der Waals surface area contributed by atoms with E-state index in [1.54, 1.807) is 30.8 Å². The molecule has 3 rings (SSSR count). The third-order valence-electron chi connectivity index (χ3n) is 3.89. The molecule has 0 amide bonds. The molecule has 0 spiro atoms. The summed E-state index contributed by atoms with van der Waals surface area (Å²) in [6.07, 6.45) is 0.720. The second-order valence-electron chi connectivity index (χ2n) is 5.51. The van der Waals surface area contributed by atoms with Gasteiger partial charge < -0.3 is 9.90 Å². The average molecular weight is 362 g/mol. The summed E-state index contributed by atoms with van der Waals surface area (Å²) in [4.78, 5) is 12.0. The van der Waals surface area contributed by atoms with E-state index >= 15 is 0 Å². The van der Waals surface area contributed by atoms with Crippen LogP contribution in [0, 0.1) is 6.92 Å². The van der Waals surface area contributed by atoms with E-state index in [-0.39, 0.29) is 10.5 Å². The lowest BCUT2D eigenvalue weighted by molar-refractivity contribution is -0.255. The van der Waals surface area contributed by atoms with Crippen molar-refractivity contribution in [3.05, 3.63) is 53.6 Å². The minimum absolute atomic E-state index is 0.00547. The molecular formula is C17H16NO4S2-. The Morgan fingerprint density at radius 1 is 1.21 bits per heavy atom. The van der Waals surface area contributed by atoms with Crippen LogP contribution in [0.4, 0.5) is 5.69 Å². The van der Waals surface area contributed by atoms with Gasteiger partial charge >= 0.3 is 0 Å². The largest absolute Gasteiger partial charge is 0.545 e. The Morgan fingerprint density at radius 2 is 1.96 bits per heavy atom. The Kier molecular flexibility index (Phi) is 4.56. The predicted octanol–water partition coefficient (Wildman–Crippen LogP) is 2.05. The third kappa shape index (κ3) is 3.01. The Balaban J connectivity index is 2.15. The van der Waals surface area contributed by atoms with E-state index in [9.17, 15) is 18.3 Å². The van der Waals surface area contributed by atoms with Crippen LogP contribution in [0.2, 0.25) is 0 Å². The van der Waals surface area contributed by atoms with Crippen molar-refractivity contribution in [1.29, 1.82) is 0 Å². The molecule has 1 aliphatic heterocycles. The Bertz CT molecular complexity index is 893. The summed E-state index contributed by atoms with van der Waals surface area (Å²) >= 11 is 1.63. The molecule has 1 heterocycles. The summed E-state index contributed by atoms with van der Waals surface area (Å²) in [7, 11) is -3.86. The first-order chi connectivity index (χ1) is 11.4. The van der Waals surface area contributed by atoms with Crippen molar-refractivity contribution in [2.75, 3.05) is 16.6 Å². The number of rotatable bonds is 3. The molecule has 0 N–H and O–H groups in total. The number of fused-ring (bicyclic) bond motifs is 1. The van der Waals surface area contributed by atoms with Crippen molar-refractivity contribution in [2.45, 2.75) is 23.1 Å². The van der Waals surface area contributed by atoms with Crippen LogP contribution in [0.3, 0.4) is 0 Å². The van der Waals surface area contributed by atoms with Crippen LogP contribution in [-0.2, 0) is 10.0 Å². The number of hydrogen-bond acceptors (Lipinski definition) is 5. The molecule has 2 aromatic carbocycles. The number of carbonyl (C=O) groups is 1. The van der Waals surface area contributed by atoms with Crippen LogP contribution in [0.1, 0.15) is 22.3 Å². The molecule has 24 heavy (non-hydrogen) atoms. The quantitative estimate of drug-likeness (QED) is 0.835. The third-order valence-corrected chi connectivity index (χ3v) is 6.99. The minimum Gasteiger partial charge on any atom is -0.545 e. The monoisotopic (exact) mass is 362 g/mol. The van der Waals surface area contributed by atoms with Gasteiger partial charge in [0.2, 0.25) is 0 Å². The Hall–Kier alpha value is -1.99. The lowest BCUT2D eigenvalue weighted by Gasteiger charge is -2.25. The normalized spacial score (nSPS) is 14.8. The van der Waals surface area contributed by atoms with Crippen molar-refractivity contribution in [1.82, 2.24) is 0 Å². The minimum atomic E-state index is -3.86. The van der Waals surface area contributed by atoms with Gasteiger partial charge in [0.25, 0.3) is 10.0 Å². The number of anilines is 1. The highest BCUT2D eigenvalue weighted by atomic mass is 32.2. The predicted molar refractivity (Wildman–Crippen MR) is 91.8 cm³/mol. The number of aromatic carboxylic acids is 1. The number of carbonyl (C=O) groups excluding carboxylic acids is 1. The fourth-order valence-corrected chi connectivity index (χ4v) is 5.50. The van der Waals surface area contributed by atoms with Crippen molar-refractivity contribution in [3.8, 4) is 0 Å². The van der Waals surface area contributed by atoms with Gasteiger partial charge in [0.1, 0.15) is 0 Å². The summed E-state index contributed by atoms with van der Waals surface area (Å²) in [5.74, 6) is -0.556. The highest BCUT2D eigenvalue weighted by molar-refractivity contribution is 7.99. The van der Waals surface area contributed by atoms with Gasteiger partial charge in [-0.05, 0) is 48.4 Å². The zero-order valence-electron chi connectivity index (χ0n) is 13.1. The molecule has 0 atom stereocenters. The van der Waals surface area contributed by atoms with Crippen LogP contribution in [-0.4, -0.2) is 26.7 Å². The van der Waals surface area contributed by atoms with Gasteiger partial charge in [-0.3, -0.25) is 4.31 Å². The molecule has 0 radical (unpaired) electrons. The molecule has 0 fully saturated rings. The fourth-order valence-electron chi connectivity index (χ4n) is 2.67. The van der Waals surface area contributed by atoms with Gasteiger partial charge in [0, 0.05) is 11.4 Å². The van der Waals surface area contributed by atoms with Crippen LogP contribution >= 0.6 is 11.8 Å². The van der Waals surface area contributed by atoms with Crippen LogP contribution in [0.25, 0.3) is 0 Å². The van der Waals surface area contributed by atoms with Gasteiger partial charge in [-0.25, -0.2) is 8.42 Å². The molecule has 0 aliphatic carbocycles. The van der Waals surface area contributed by atoms with Crippen molar-refractivity contribution in [2.24, 2.45) is 0 Å². The van der Waals surface area contributed by atoms with Crippen molar-refractivity contribution in [3.63, 3.8) is 0 Å². The number of benzene rings is 2. The number of hydrogen-bond donors (Lipinski definition) is 0. The number of sulfonamides is 1. The molecule has 2 aromatic rings. The van der Waals surface area contributed by atoms with E-state index in [0.29, 0.717) is 17.8 Å². The Labute approximate surface area is 145 Å². The number of thioether (sulfide) groups is 1. The van der Waals surface area contributed by atoms with E-state index in [1.165, 1.54) is 22.5 Å². The lowest BCUT2D eigenvalue weighted by Crippen LogP contribution is -2.33. The highest BCUT2D eigenvalue weighted by Crippen LogP contribution is 2.37. The first-order valence-electron chi connectivity index (χ1n) is 7.48. The maximum absolute atomic E-state index is 13.2. The second-order valence-corrected chi connectivity index (χ2v) is 8.48. The summed E-state index contributed by atoms with van der Waals surface area (Å²) in [5, 5.41) is 11.1. The number of carboxylic acid groups (broad SMARTS) is 1. The maximum Gasteiger partial charge on any atom is 0.264 e. The van der Waals surface area contributed by atoms with Gasteiger partial charge in [-0.15, -0.1) is 11.8 Å². The van der Waals surface area contributed by atoms with Crippen LogP contribution < -0.4 is 9.41 Å². The molecule has 1 aliphatic rings. The standard InChI is InChI=1S/C17H17NO4S2/c1-12-7-8-13(17(19)20)11-16(12)24(21,22)18-9-4-10-23-15-6-3-2-5-14(15)18/h2-3,5-8,11H,4,9-10H2,1H3,(H,19,20)/p-1. The van der Waals surface area contributed by atoms with Gasteiger partial charge in [-0.2, -0.15) is 0 Å². The molecular weight excluding hydrogens is 346 g/mol. The van der Waals surface area contributed by atoms with Gasteiger partial charge in [0.15, 0.2) is 0 Å². The van der Waals surface area contributed by atoms with Gasteiger partial charge in [0.05, 0.1) is 16.6 Å². The van der Waals surface area contributed by atoms with E-state index in [1.807, 2.05) is 12.1 Å². The first-order valence-corrected chi connectivity index (χ1v) is 9.90. The zero-order chi connectivity index (χ0) is 17.3. The Morgan fingerprint density at radius 3 is 2.71 bits per heavy atom. The fraction of sp³-hybridized carbons (Fsp3) is 0.235. The van der Waals surface area contributed by atoms with E-state index < -0.39 is 16.0 Å². The average Bonchev–Trinajstić information content (AvgIpc) is 2.77. The van der Waals surface area contributed by atoms with E-state index in [4.69, 9.17) is 0 Å².